The molecule has 0 bridgehead atoms. The summed E-state index contributed by atoms with van der Waals surface area (Å²) in [6, 6.07) is 7.35. The third-order valence-corrected chi connectivity index (χ3v) is 6.05. The minimum absolute atomic E-state index is 0.0992. The highest BCUT2D eigenvalue weighted by Crippen LogP contribution is 2.37. The second-order valence-electron chi connectivity index (χ2n) is 8.16. The van der Waals surface area contributed by atoms with Gasteiger partial charge in [0, 0.05) is 17.8 Å². The largest absolute Gasteiger partial charge is 0.479 e. The molecule has 11 heteroatoms. The summed E-state index contributed by atoms with van der Waals surface area (Å²) in [7, 11) is 1.53. The number of alkyl halides is 2. The Labute approximate surface area is 182 Å². The number of nitrogens with one attached hydrogen (secondary N) is 1. The summed E-state index contributed by atoms with van der Waals surface area (Å²) in [6.45, 7) is 1.45. The zero-order valence-electron chi connectivity index (χ0n) is 17.7. The van der Waals surface area contributed by atoms with Crippen LogP contribution in [0.5, 0.6) is 5.88 Å². The van der Waals surface area contributed by atoms with E-state index in [0.29, 0.717) is 47.6 Å². The van der Waals surface area contributed by atoms with Crippen LogP contribution in [-0.4, -0.2) is 59.9 Å². The van der Waals surface area contributed by atoms with E-state index in [0.717, 1.165) is 11.1 Å². The maximum Gasteiger partial charge on any atom is 0.258 e. The van der Waals surface area contributed by atoms with Gasteiger partial charge in [0.15, 0.2) is 0 Å². The molecular weight excluding hydrogens is 420 g/mol. The van der Waals surface area contributed by atoms with Crippen molar-refractivity contribution in [2.45, 2.75) is 50.8 Å². The Bertz CT molecular complexity index is 1280. The molecule has 2 N–H and O–H groups in total. The van der Waals surface area contributed by atoms with E-state index in [2.05, 4.69) is 25.7 Å². The van der Waals surface area contributed by atoms with Crippen molar-refractivity contribution in [3.05, 3.63) is 30.5 Å². The molecule has 0 aliphatic heterocycles. The molecule has 168 valence electrons. The molecule has 3 aromatic heterocycles. The lowest BCUT2D eigenvalue weighted by atomic mass is 9.74. The van der Waals surface area contributed by atoms with Crippen LogP contribution in [-0.2, 0) is 6.54 Å². The number of rotatable bonds is 7. The Morgan fingerprint density at radius 3 is 2.84 bits per heavy atom. The maximum absolute atomic E-state index is 12.9. The number of anilines is 1. The van der Waals surface area contributed by atoms with Gasteiger partial charge in [0.05, 0.1) is 18.2 Å². The van der Waals surface area contributed by atoms with Crippen LogP contribution in [0.4, 0.5) is 14.7 Å². The Hall–Kier alpha value is -3.34. The second-order valence-corrected chi connectivity index (χ2v) is 8.16. The SMILES string of the molecule is CCC1(O)CC(Nc2nc(OC)c3c(-c4ccc5nnn(CC(F)F)c5c4)ccn3n2)C1. The molecule has 0 radical (unpaired) electrons. The average molecular weight is 443 g/mol. The molecule has 1 fully saturated rings. The number of aliphatic hydroxyl groups is 1. The lowest BCUT2D eigenvalue weighted by molar-refractivity contribution is -0.0442. The van der Waals surface area contributed by atoms with Crippen LogP contribution >= 0.6 is 0 Å². The Kier molecular flexibility index (Phi) is 4.92. The van der Waals surface area contributed by atoms with E-state index < -0.39 is 18.6 Å². The van der Waals surface area contributed by atoms with Crippen molar-refractivity contribution in [3.63, 3.8) is 0 Å². The molecule has 4 aromatic rings. The number of benzene rings is 1. The van der Waals surface area contributed by atoms with Gasteiger partial charge in [-0.2, -0.15) is 4.98 Å². The molecule has 1 aromatic carbocycles. The lowest BCUT2D eigenvalue weighted by Gasteiger charge is -2.43. The first-order valence-electron chi connectivity index (χ1n) is 10.4. The summed E-state index contributed by atoms with van der Waals surface area (Å²) in [5, 5.41) is 25.8. The third kappa shape index (κ3) is 3.52. The number of nitrogens with zero attached hydrogens (tertiary/aromatic N) is 6. The molecule has 9 nitrogen and oxygen atoms in total. The van der Waals surface area contributed by atoms with Crippen molar-refractivity contribution in [2.24, 2.45) is 0 Å². The Morgan fingerprint density at radius 2 is 2.12 bits per heavy atom. The summed E-state index contributed by atoms with van der Waals surface area (Å²) in [5.74, 6) is 0.793. The van der Waals surface area contributed by atoms with Gasteiger partial charge in [0.2, 0.25) is 11.8 Å². The fraction of sp³-hybridized carbons (Fsp3) is 0.429. The van der Waals surface area contributed by atoms with Crippen molar-refractivity contribution in [3.8, 4) is 17.0 Å². The Balaban J connectivity index is 1.50. The van der Waals surface area contributed by atoms with Gasteiger partial charge in [-0.25, -0.2) is 18.0 Å². The topological polar surface area (TPSA) is 102 Å². The number of hydrogen-bond donors (Lipinski definition) is 2. The van der Waals surface area contributed by atoms with Gasteiger partial charge in [-0.05, 0) is 43.0 Å². The van der Waals surface area contributed by atoms with Crippen LogP contribution in [0.25, 0.3) is 27.7 Å². The molecule has 0 atom stereocenters. The monoisotopic (exact) mass is 443 g/mol. The van der Waals surface area contributed by atoms with Crippen molar-refractivity contribution in [1.82, 2.24) is 29.6 Å². The average Bonchev–Trinajstić information content (AvgIpc) is 3.35. The van der Waals surface area contributed by atoms with E-state index >= 15 is 0 Å². The summed E-state index contributed by atoms with van der Waals surface area (Å²) in [5.41, 5.74) is 2.69. The summed E-state index contributed by atoms with van der Waals surface area (Å²) < 4.78 is 34.2. The van der Waals surface area contributed by atoms with Gasteiger partial charge in [-0.1, -0.05) is 18.2 Å². The van der Waals surface area contributed by atoms with Crippen LogP contribution in [0.15, 0.2) is 30.5 Å². The molecule has 0 saturated heterocycles. The van der Waals surface area contributed by atoms with E-state index in [-0.39, 0.29) is 6.04 Å². The normalized spacial score (nSPS) is 20.8. The standard InChI is InChI=1S/C21H23F2N7O2/c1-3-21(31)9-13(10-21)24-20-25-19(32-2)18-14(6-7-29(18)27-20)12-4-5-15-16(8-12)30(28-26-15)11-17(22)23/h4-8,13,17,31H,3,9-11H2,1-2H3,(H,24,27). The minimum Gasteiger partial charge on any atom is -0.479 e. The fourth-order valence-corrected chi connectivity index (χ4v) is 4.26. The highest BCUT2D eigenvalue weighted by molar-refractivity contribution is 5.89. The van der Waals surface area contributed by atoms with Gasteiger partial charge in [-0.15, -0.1) is 10.2 Å². The van der Waals surface area contributed by atoms with Crippen LogP contribution in [0.2, 0.25) is 0 Å². The summed E-state index contributed by atoms with van der Waals surface area (Å²) in [6.07, 6.45) is 1.27. The zero-order chi connectivity index (χ0) is 22.5. The van der Waals surface area contributed by atoms with Gasteiger partial charge >= 0.3 is 0 Å². The van der Waals surface area contributed by atoms with E-state index in [9.17, 15) is 13.9 Å². The first-order chi connectivity index (χ1) is 15.4. The lowest BCUT2D eigenvalue weighted by Crippen LogP contribution is -2.50. The number of hydrogen-bond acceptors (Lipinski definition) is 7. The van der Waals surface area contributed by atoms with Crippen molar-refractivity contribution >= 4 is 22.5 Å². The van der Waals surface area contributed by atoms with Crippen molar-refractivity contribution in [1.29, 1.82) is 0 Å². The quantitative estimate of drug-likeness (QED) is 0.452. The first kappa shape index (κ1) is 20.6. The molecule has 1 aliphatic carbocycles. The maximum atomic E-state index is 12.9. The molecule has 32 heavy (non-hydrogen) atoms. The van der Waals surface area contributed by atoms with Gasteiger partial charge in [0.1, 0.15) is 17.6 Å². The zero-order valence-corrected chi connectivity index (χ0v) is 17.7. The van der Waals surface area contributed by atoms with E-state index in [1.165, 1.54) is 11.8 Å². The smallest absolute Gasteiger partial charge is 0.258 e. The fourth-order valence-electron chi connectivity index (χ4n) is 4.26. The second kappa shape index (κ2) is 7.66. The van der Waals surface area contributed by atoms with Crippen LogP contribution in [0, 0.1) is 0 Å². The molecule has 1 aliphatic rings. The van der Waals surface area contributed by atoms with Gasteiger partial charge in [0.25, 0.3) is 6.43 Å². The highest BCUT2D eigenvalue weighted by Gasteiger charge is 2.41. The van der Waals surface area contributed by atoms with Crippen molar-refractivity contribution in [2.75, 3.05) is 12.4 Å². The third-order valence-electron chi connectivity index (χ3n) is 6.05. The summed E-state index contributed by atoms with van der Waals surface area (Å²) >= 11 is 0. The molecule has 1 saturated carbocycles. The number of aromatic nitrogens is 6. The predicted molar refractivity (Wildman–Crippen MR) is 114 cm³/mol. The van der Waals surface area contributed by atoms with Crippen LogP contribution in [0.3, 0.4) is 0 Å². The molecule has 0 spiro atoms. The van der Waals surface area contributed by atoms with Crippen LogP contribution < -0.4 is 10.1 Å². The van der Waals surface area contributed by atoms with E-state index in [1.807, 2.05) is 19.1 Å². The molecule has 0 unspecified atom stereocenters. The first-order valence-corrected chi connectivity index (χ1v) is 10.4. The highest BCUT2D eigenvalue weighted by atomic mass is 19.3. The van der Waals surface area contributed by atoms with Crippen LogP contribution in [0.1, 0.15) is 26.2 Å². The van der Waals surface area contributed by atoms with Gasteiger partial charge in [-0.3, -0.25) is 0 Å². The number of fused-ring (bicyclic) bond motifs is 2. The predicted octanol–water partition coefficient (Wildman–Crippen LogP) is 3.13. The molecule has 0 amide bonds. The van der Waals surface area contributed by atoms with Gasteiger partial charge < -0.3 is 15.2 Å². The summed E-state index contributed by atoms with van der Waals surface area (Å²) in [4.78, 5) is 4.51. The molecule has 5 rings (SSSR count). The van der Waals surface area contributed by atoms with E-state index in [1.54, 1.807) is 22.8 Å². The number of ether oxygens (including phenoxy) is 1. The van der Waals surface area contributed by atoms with E-state index in [4.69, 9.17) is 4.74 Å². The Morgan fingerprint density at radius 1 is 1.31 bits per heavy atom. The molecular formula is C21H23F2N7O2. The minimum atomic E-state index is -2.53. The number of halogens is 2. The number of methoxy groups -OCH3 is 1. The molecule has 3 heterocycles. The van der Waals surface area contributed by atoms with Crippen molar-refractivity contribution < 1.29 is 18.6 Å².